The molecular weight excluding hydrogens is 384 g/mol. The Morgan fingerprint density at radius 3 is 2.52 bits per heavy atom. The summed E-state index contributed by atoms with van der Waals surface area (Å²) in [6.45, 7) is 4.00. The molecule has 0 saturated carbocycles. The molecule has 29 heavy (non-hydrogen) atoms. The number of carbonyl (C=O) groups excluding carboxylic acids is 1. The number of nitrogens with one attached hydrogen (secondary N) is 1. The van der Waals surface area contributed by atoms with Gasteiger partial charge in [-0.05, 0) is 50.1 Å². The molecule has 0 aliphatic carbocycles. The monoisotopic (exact) mass is 404 g/mol. The van der Waals surface area contributed by atoms with Gasteiger partial charge in [-0.25, -0.2) is 9.50 Å². The molecule has 1 amide bonds. The Balaban J connectivity index is 1.56. The van der Waals surface area contributed by atoms with E-state index in [-0.39, 0.29) is 5.91 Å². The zero-order valence-corrected chi connectivity index (χ0v) is 17.1. The van der Waals surface area contributed by atoms with Crippen LogP contribution in [-0.2, 0) is 11.2 Å². The van der Waals surface area contributed by atoms with Crippen LogP contribution in [0.4, 0.5) is 5.69 Å². The summed E-state index contributed by atoms with van der Waals surface area (Å²) < 4.78 is 1.85. The Hall–Kier alpha value is -3.18. The predicted molar refractivity (Wildman–Crippen MR) is 116 cm³/mol. The van der Waals surface area contributed by atoms with Gasteiger partial charge in [0.2, 0.25) is 5.91 Å². The lowest BCUT2D eigenvalue weighted by atomic mass is 10.1. The number of para-hydroxylation sites is 1. The van der Waals surface area contributed by atoms with Gasteiger partial charge in [0.15, 0.2) is 5.65 Å². The van der Waals surface area contributed by atoms with Crippen molar-refractivity contribution in [3.05, 3.63) is 82.6 Å². The molecule has 146 valence electrons. The van der Waals surface area contributed by atoms with Crippen LogP contribution in [0.5, 0.6) is 0 Å². The van der Waals surface area contributed by atoms with Crippen LogP contribution in [0.3, 0.4) is 0 Å². The van der Waals surface area contributed by atoms with Crippen LogP contribution in [-0.4, -0.2) is 20.5 Å². The van der Waals surface area contributed by atoms with Crippen molar-refractivity contribution in [1.82, 2.24) is 14.6 Å². The van der Waals surface area contributed by atoms with Crippen molar-refractivity contribution < 1.29 is 4.79 Å². The Kier molecular flexibility index (Phi) is 5.32. The highest BCUT2D eigenvalue weighted by molar-refractivity contribution is 6.30. The first kappa shape index (κ1) is 19.2. The number of amides is 1. The molecule has 0 spiro atoms. The second kappa shape index (κ2) is 8.05. The van der Waals surface area contributed by atoms with E-state index in [1.807, 2.05) is 79.0 Å². The van der Waals surface area contributed by atoms with Crippen molar-refractivity contribution in [2.45, 2.75) is 26.7 Å². The molecule has 0 aliphatic heterocycles. The molecule has 0 aliphatic rings. The summed E-state index contributed by atoms with van der Waals surface area (Å²) in [5.74, 6) is -0.0163. The third-order valence-corrected chi connectivity index (χ3v) is 5.22. The maximum atomic E-state index is 12.3. The molecule has 1 N–H and O–H groups in total. The standard InChI is InChI=1S/C23H21ClN4O/c1-15-20(12-13-23(29)26-19-6-4-3-5-7-19)16(2)28-22(25-15)14-21(27-28)17-8-10-18(24)11-9-17/h3-11,14H,12-13H2,1-2H3,(H,26,29). The lowest BCUT2D eigenvalue weighted by molar-refractivity contribution is -0.116. The Labute approximate surface area is 174 Å². The number of aryl methyl sites for hydroxylation is 2. The first-order chi connectivity index (χ1) is 14.0. The van der Waals surface area contributed by atoms with Gasteiger partial charge in [-0.2, -0.15) is 5.10 Å². The summed E-state index contributed by atoms with van der Waals surface area (Å²) in [6, 6.07) is 19.0. The molecule has 0 radical (unpaired) electrons. The molecule has 0 atom stereocenters. The fourth-order valence-corrected chi connectivity index (χ4v) is 3.56. The van der Waals surface area contributed by atoms with Crippen LogP contribution >= 0.6 is 11.6 Å². The van der Waals surface area contributed by atoms with E-state index in [9.17, 15) is 4.79 Å². The summed E-state index contributed by atoms with van der Waals surface area (Å²) in [5, 5.41) is 8.34. The first-order valence-electron chi connectivity index (χ1n) is 9.48. The van der Waals surface area contributed by atoms with E-state index in [0.29, 0.717) is 17.9 Å². The number of carbonyl (C=O) groups is 1. The highest BCUT2D eigenvalue weighted by Crippen LogP contribution is 2.24. The van der Waals surface area contributed by atoms with Crippen molar-refractivity contribution >= 4 is 28.8 Å². The smallest absolute Gasteiger partial charge is 0.224 e. The average molecular weight is 405 g/mol. The third-order valence-electron chi connectivity index (χ3n) is 4.96. The highest BCUT2D eigenvalue weighted by Gasteiger charge is 2.14. The number of halogens is 1. The number of hydrogen-bond acceptors (Lipinski definition) is 3. The van der Waals surface area contributed by atoms with E-state index in [1.54, 1.807) is 0 Å². The first-order valence-corrected chi connectivity index (χ1v) is 9.86. The van der Waals surface area contributed by atoms with Crippen molar-refractivity contribution in [2.75, 3.05) is 5.32 Å². The van der Waals surface area contributed by atoms with E-state index < -0.39 is 0 Å². The second-order valence-corrected chi connectivity index (χ2v) is 7.42. The zero-order chi connectivity index (χ0) is 20.4. The van der Waals surface area contributed by atoms with E-state index in [1.165, 1.54) is 0 Å². The van der Waals surface area contributed by atoms with E-state index >= 15 is 0 Å². The molecular formula is C23H21ClN4O. The van der Waals surface area contributed by atoms with Crippen molar-refractivity contribution in [2.24, 2.45) is 0 Å². The fraction of sp³-hybridized carbons (Fsp3) is 0.174. The molecule has 5 nitrogen and oxygen atoms in total. The topological polar surface area (TPSA) is 59.3 Å². The molecule has 2 heterocycles. The molecule has 2 aromatic carbocycles. The van der Waals surface area contributed by atoms with Crippen LogP contribution in [0, 0.1) is 13.8 Å². The predicted octanol–water partition coefficient (Wildman–Crippen LogP) is 5.24. The summed E-state index contributed by atoms with van der Waals surface area (Å²) in [6.07, 6.45) is 0.991. The molecule has 0 saturated heterocycles. The number of benzene rings is 2. The molecule has 2 aromatic heterocycles. The largest absolute Gasteiger partial charge is 0.326 e. The minimum atomic E-state index is -0.0163. The number of hydrogen-bond donors (Lipinski definition) is 1. The van der Waals surface area contributed by atoms with Gasteiger partial charge in [-0.1, -0.05) is 41.9 Å². The number of nitrogens with zero attached hydrogens (tertiary/aromatic N) is 3. The van der Waals surface area contributed by atoms with Crippen LogP contribution in [0.15, 0.2) is 60.7 Å². The third kappa shape index (κ3) is 4.15. The van der Waals surface area contributed by atoms with Gasteiger partial charge in [-0.3, -0.25) is 4.79 Å². The van der Waals surface area contributed by atoms with Crippen molar-refractivity contribution in [1.29, 1.82) is 0 Å². The van der Waals surface area contributed by atoms with Crippen LogP contribution < -0.4 is 5.32 Å². The van der Waals surface area contributed by atoms with Gasteiger partial charge >= 0.3 is 0 Å². The minimum absolute atomic E-state index is 0.0163. The molecule has 0 unspecified atom stereocenters. The molecule has 0 bridgehead atoms. The molecule has 0 fully saturated rings. The maximum Gasteiger partial charge on any atom is 0.224 e. The Bertz CT molecular complexity index is 1170. The lowest BCUT2D eigenvalue weighted by Gasteiger charge is -2.11. The number of anilines is 1. The van der Waals surface area contributed by atoms with Crippen molar-refractivity contribution in [3.63, 3.8) is 0 Å². The van der Waals surface area contributed by atoms with Crippen molar-refractivity contribution in [3.8, 4) is 11.3 Å². The normalized spacial score (nSPS) is 11.0. The van der Waals surface area contributed by atoms with Gasteiger partial charge < -0.3 is 5.32 Å². The van der Waals surface area contributed by atoms with Crippen LogP contribution in [0.2, 0.25) is 5.02 Å². The van der Waals surface area contributed by atoms with E-state index in [2.05, 4.69) is 5.32 Å². The molecule has 6 heteroatoms. The van der Waals surface area contributed by atoms with Crippen LogP contribution in [0.1, 0.15) is 23.4 Å². The summed E-state index contributed by atoms with van der Waals surface area (Å²) in [5.41, 5.74) is 6.40. The fourth-order valence-electron chi connectivity index (χ4n) is 3.43. The average Bonchev–Trinajstić information content (AvgIpc) is 3.13. The maximum absolute atomic E-state index is 12.3. The van der Waals surface area contributed by atoms with E-state index in [0.717, 1.165) is 39.5 Å². The van der Waals surface area contributed by atoms with Gasteiger partial charge in [0.25, 0.3) is 0 Å². The number of fused-ring (bicyclic) bond motifs is 1. The highest BCUT2D eigenvalue weighted by atomic mass is 35.5. The minimum Gasteiger partial charge on any atom is -0.326 e. The van der Waals surface area contributed by atoms with Gasteiger partial charge in [0.1, 0.15) is 0 Å². The summed E-state index contributed by atoms with van der Waals surface area (Å²) >= 11 is 5.99. The van der Waals surface area contributed by atoms with Gasteiger partial charge in [0.05, 0.1) is 5.69 Å². The lowest BCUT2D eigenvalue weighted by Crippen LogP contribution is -2.14. The Morgan fingerprint density at radius 1 is 1.07 bits per heavy atom. The quantitative estimate of drug-likeness (QED) is 0.495. The van der Waals surface area contributed by atoms with Crippen LogP contribution in [0.25, 0.3) is 16.9 Å². The Morgan fingerprint density at radius 2 is 1.79 bits per heavy atom. The molecule has 4 aromatic rings. The summed E-state index contributed by atoms with van der Waals surface area (Å²) in [4.78, 5) is 17.0. The zero-order valence-electron chi connectivity index (χ0n) is 16.3. The number of aromatic nitrogens is 3. The SMILES string of the molecule is Cc1nc2cc(-c3ccc(Cl)cc3)nn2c(C)c1CCC(=O)Nc1ccccc1. The van der Waals surface area contributed by atoms with Gasteiger partial charge in [-0.15, -0.1) is 0 Å². The number of rotatable bonds is 5. The second-order valence-electron chi connectivity index (χ2n) is 6.98. The van der Waals surface area contributed by atoms with Gasteiger partial charge in [0, 0.05) is 40.1 Å². The van der Waals surface area contributed by atoms with E-state index in [4.69, 9.17) is 21.7 Å². The summed E-state index contributed by atoms with van der Waals surface area (Å²) in [7, 11) is 0. The molecule has 4 rings (SSSR count).